The smallest absolute Gasteiger partial charge is 0.355 e. The summed E-state index contributed by atoms with van der Waals surface area (Å²) in [5, 5.41) is 0. The standard InChI is InChI=1S/C15H18N2O6/c18-14(10-17-2-5-20-6-3-17)22-7-8-23-15(19)12-9-13-11(16-12)1-4-21-13/h1,4,9,16H,2-3,5-8,10H2. The Morgan fingerprint density at radius 2 is 2.00 bits per heavy atom. The largest absolute Gasteiger partial charge is 0.463 e. The van der Waals surface area contributed by atoms with E-state index in [1.165, 1.54) is 6.26 Å². The zero-order valence-corrected chi connectivity index (χ0v) is 12.6. The number of furan rings is 1. The Morgan fingerprint density at radius 3 is 2.78 bits per heavy atom. The second-order valence-corrected chi connectivity index (χ2v) is 5.13. The third-order valence-electron chi connectivity index (χ3n) is 3.50. The highest BCUT2D eigenvalue weighted by atomic mass is 16.6. The van der Waals surface area contributed by atoms with Crippen LogP contribution in [0.1, 0.15) is 10.5 Å². The summed E-state index contributed by atoms with van der Waals surface area (Å²) in [6, 6.07) is 3.29. The van der Waals surface area contributed by atoms with Crippen LogP contribution in [-0.4, -0.2) is 67.9 Å². The third kappa shape index (κ3) is 4.11. The first-order valence-electron chi connectivity index (χ1n) is 7.41. The predicted molar refractivity (Wildman–Crippen MR) is 79.1 cm³/mol. The molecule has 0 spiro atoms. The van der Waals surface area contributed by atoms with Gasteiger partial charge in [-0.3, -0.25) is 9.69 Å². The summed E-state index contributed by atoms with van der Waals surface area (Å²) in [5.41, 5.74) is 1.63. The van der Waals surface area contributed by atoms with E-state index in [2.05, 4.69) is 4.98 Å². The van der Waals surface area contributed by atoms with Crippen LogP contribution < -0.4 is 0 Å². The van der Waals surface area contributed by atoms with E-state index in [1.807, 2.05) is 4.90 Å². The Bertz CT molecular complexity index is 642. The van der Waals surface area contributed by atoms with Gasteiger partial charge in [0.15, 0.2) is 5.58 Å². The Balaban J connectivity index is 1.35. The lowest BCUT2D eigenvalue weighted by molar-refractivity contribution is -0.147. The van der Waals surface area contributed by atoms with Crippen molar-refractivity contribution in [2.24, 2.45) is 0 Å². The molecule has 1 aliphatic rings. The second kappa shape index (κ2) is 7.30. The summed E-state index contributed by atoms with van der Waals surface area (Å²) in [7, 11) is 0. The molecule has 0 saturated carbocycles. The fourth-order valence-corrected chi connectivity index (χ4v) is 2.31. The molecule has 1 fully saturated rings. The van der Waals surface area contributed by atoms with Gasteiger partial charge in [0.2, 0.25) is 0 Å². The van der Waals surface area contributed by atoms with Crippen molar-refractivity contribution in [3.05, 3.63) is 24.1 Å². The van der Waals surface area contributed by atoms with E-state index in [9.17, 15) is 9.59 Å². The summed E-state index contributed by atoms with van der Waals surface area (Å²) >= 11 is 0. The first-order valence-corrected chi connectivity index (χ1v) is 7.41. The molecule has 3 heterocycles. The maximum atomic E-state index is 11.8. The molecule has 8 nitrogen and oxygen atoms in total. The number of nitrogens with one attached hydrogen (secondary N) is 1. The van der Waals surface area contributed by atoms with E-state index in [4.69, 9.17) is 18.6 Å². The Morgan fingerprint density at radius 1 is 1.22 bits per heavy atom. The average Bonchev–Trinajstić information content (AvgIpc) is 3.14. The molecule has 124 valence electrons. The van der Waals surface area contributed by atoms with Crippen molar-refractivity contribution in [1.29, 1.82) is 0 Å². The highest BCUT2D eigenvalue weighted by Crippen LogP contribution is 2.16. The van der Waals surface area contributed by atoms with Crippen LogP contribution in [0.25, 0.3) is 11.1 Å². The molecule has 8 heteroatoms. The van der Waals surface area contributed by atoms with E-state index < -0.39 is 5.97 Å². The van der Waals surface area contributed by atoms with Crippen LogP contribution in [0, 0.1) is 0 Å². The van der Waals surface area contributed by atoms with Crippen LogP contribution in [0.15, 0.2) is 22.8 Å². The highest BCUT2D eigenvalue weighted by Gasteiger charge is 2.16. The molecule has 1 N–H and O–H groups in total. The maximum Gasteiger partial charge on any atom is 0.355 e. The van der Waals surface area contributed by atoms with Crippen molar-refractivity contribution in [2.75, 3.05) is 46.1 Å². The number of fused-ring (bicyclic) bond motifs is 1. The van der Waals surface area contributed by atoms with Crippen molar-refractivity contribution in [3.8, 4) is 0 Å². The summed E-state index contributed by atoms with van der Waals surface area (Å²) in [6.07, 6.45) is 1.53. The molecule has 2 aromatic heterocycles. The normalized spacial score (nSPS) is 15.7. The van der Waals surface area contributed by atoms with E-state index >= 15 is 0 Å². The van der Waals surface area contributed by atoms with Gasteiger partial charge in [0.05, 0.1) is 31.5 Å². The molecule has 0 amide bonds. The number of aromatic nitrogens is 1. The Kier molecular flexibility index (Phi) is 4.94. The lowest BCUT2D eigenvalue weighted by Crippen LogP contribution is -2.40. The number of nitrogens with zero attached hydrogens (tertiary/aromatic N) is 1. The first kappa shape index (κ1) is 15.6. The van der Waals surface area contributed by atoms with Gasteiger partial charge in [-0.15, -0.1) is 0 Å². The second-order valence-electron chi connectivity index (χ2n) is 5.13. The van der Waals surface area contributed by atoms with Gasteiger partial charge in [-0.25, -0.2) is 4.79 Å². The van der Waals surface area contributed by atoms with Crippen LogP contribution in [0.2, 0.25) is 0 Å². The molecule has 1 aliphatic heterocycles. The summed E-state index contributed by atoms with van der Waals surface area (Å²) < 4.78 is 20.5. The van der Waals surface area contributed by atoms with E-state index in [-0.39, 0.29) is 25.7 Å². The van der Waals surface area contributed by atoms with Crippen LogP contribution >= 0.6 is 0 Å². The molecule has 0 unspecified atom stereocenters. The number of aromatic amines is 1. The quantitative estimate of drug-likeness (QED) is 0.621. The molecular formula is C15H18N2O6. The van der Waals surface area contributed by atoms with Gasteiger partial charge in [-0.05, 0) is 0 Å². The number of rotatable bonds is 6. The van der Waals surface area contributed by atoms with Gasteiger partial charge in [0.1, 0.15) is 18.9 Å². The molecule has 23 heavy (non-hydrogen) atoms. The average molecular weight is 322 g/mol. The van der Waals surface area contributed by atoms with Crippen molar-refractivity contribution in [2.45, 2.75) is 0 Å². The third-order valence-corrected chi connectivity index (χ3v) is 3.50. The summed E-state index contributed by atoms with van der Waals surface area (Å²) in [4.78, 5) is 28.3. The summed E-state index contributed by atoms with van der Waals surface area (Å²) in [6.45, 7) is 2.97. The van der Waals surface area contributed by atoms with Crippen molar-refractivity contribution in [3.63, 3.8) is 0 Å². The SMILES string of the molecule is O=C(CN1CCOCC1)OCCOC(=O)c1cc2occc2[nH]1. The molecule has 0 aliphatic carbocycles. The maximum absolute atomic E-state index is 11.8. The van der Waals surface area contributed by atoms with Gasteiger partial charge < -0.3 is 23.6 Å². The van der Waals surface area contributed by atoms with E-state index in [0.717, 1.165) is 18.6 Å². The van der Waals surface area contributed by atoms with Gasteiger partial charge in [-0.1, -0.05) is 0 Å². The minimum Gasteiger partial charge on any atom is -0.463 e. The number of carbonyl (C=O) groups excluding carboxylic acids is 2. The monoisotopic (exact) mass is 322 g/mol. The van der Waals surface area contributed by atoms with Crippen molar-refractivity contribution >= 4 is 23.0 Å². The fraction of sp³-hybridized carbons (Fsp3) is 0.467. The van der Waals surface area contributed by atoms with Gasteiger partial charge in [0, 0.05) is 25.2 Å². The van der Waals surface area contributed by atoms with Gasteiger partial charge >= 0.3 is 11.9 Å². The van der Waals surface area contributed by atoms with Crippen LogP contribution in [-0.2, 0) is 19.0 Å². The highest BCUT2D eigenvalue weighted by molar-refractivity contribution is 5.93. The number of esters is 2. The van der Waals surface area contributed by atoms with E-state index in [0.29, 0.717) is 24.5 Å². The minimum atomic E-state index is -0.513. The number of carbonyl (C=O) groups is 2. The number of hydrogen-bond donors (Lipinski definition) is 1. The Labute approximate surface area is 132 Å². The number of hydrogen-bond acceptors (Lipinski definition) is 7. The minimum absolute atomic E-state index is 0.00800. The molecule has 3 rings (SSSR count). The fourth-order valence-electron chi connectivity index (χ4n) is 2.31. The molecule has 0 atom stereocenters. The van der Waals surface area contributed by atoms with Crippen LogP contribution in [0.3, 0.4) is 0 Å². The number of ether oxygens (including phenoxy) is 3. The zero-order chi connectivity index (χ0) is 16.1. The topological polar surface area (TPSA) is 94.0 Å². The predicted octanol–water partition coefficient (Wildman–Crippen LogP) is 0.793. The zero-order valence-electron chi connectivity index (χ0n) is 12.6. The molecule has 2 aromatic rings. The lowest BCUT2D eigenvalue weighted by Gasteiger charge is -2.25. The molecule has 0 radical (unpaired) electrons. The van der Waals surface area contributed by atoms with Crippen LogP contribution in [0.5, 0.6) is 0 Å². The Hall–Kier alpha value is -2.32. The van der Waals surface area contributed by atoms with Crippen molar-refractivity contribution < 1.29 is 28.2 Å². The van der Waals surface area contributed by atoms with Crippen LogP contribution in [0.4, 0.5) is 0 Å². The van der Waals surface area contributed by atoms with Gasteiger partial charge in [0.25, 0.3) is 0 Å². The summed E-state index contributed by atoms with van der Waals surface area (Å²) in [5.74, 6) is -0.846. The van der Waals surface area contributed by atoms with Crippen molar-refractivity contribution in [1.82, 2.24) is 9.88 Å². The first-order chi connectivity index (χ1) is 11.2. The molecular weight excluding hydrogens is 304 g/mol. The lowest BCUT2D eigenvalue weighted by atomic mass is 10.4. The molecule has 1 saturated heterocycles. The number of H-pyrrole nitrogens is 1. The van der Waals surface area contributed by atoms with Gasteiger partial charge in [-0.2, -0.15) is 0 Å². The molecule has 0 bridgehead atoms. The number of morpholine rings is 1. The van der Waals surface area contributed by atoms with E-state index in [1.54, 1.807) is 12.1 Å². The molecule has 0 aromatic carbocycles.